The molecule has 0 saturated heterocycles. The van der Waals surface area contributed by atoms with Crippen molar-refractivity contribution >= 4 is 5.97 Å². The van der Waals surface area contributed by atoms with Gasteiger partial charge in [0.05, 0.1) is 5.41 Å². The van der Waals surface area contributed by atoms with Crippen molar-refractivity contribution < 1.29 is 20.0 Å². The summed E-state index contributed by atoms with van der Waals surface area (Å²) in [6.45, 7) is 10.9. The molecular formula is C21H32O4. The number of carboxylic acid groups (broad SMARTS) is 1. The molecule has 140 valence electrons. The summed E-state index contributed by atoms with van der Waals surface area (Å²) < 4.78 is 0. The van der Waals surface area contributed by atoms with Crippen molar-refractivity contribution in [2.45, 2.75) is 77.7 Å². The van der Waals surface area contributed by atoms with Crippen LogP contribution in [0.15, 0.2) is 12.2 Å². The lowest BCUT2D eigenvalue weighted by atomic mass is 9.39. The van der Waals surface area contributed by atoms with E-state index in [9.17, 15) is 15.2 Å². The highest BCUT2D eigenvalue weighted by molar-refractivity contribution is 5.75. The molecule has 0 heterocycles. The fourth-order valence-corrected chi connectivity index (χ4v) is 8.24. The maximum Gasteiger partial charge on any atom is 0.309 e. The van der Waals surface area contributed by atoms with Crippen LogP contribution in [0.5, 0.6) is 0 Å². The van der Waals surface area contributed by atoms with E-state index in [4.69, 9.17) is 4.89 Å². The topological polar surface area (TPSA) is 66.8 Å². The lowest BCUT2D eigenvalue weighted by Gasteiger charge is -2.65. The third kappa shape index (κ3) is 1.83. The molecule has 0 aromatic heterocycles. The first kappa shape index (κ1) is 17.5. The molecule has 2 N–H and O–H groups in total. The van der Waals surface area contributed by atoms with Crippen molar-refractivity contribution in [2.75, 3.05) is 0 Å². The van der Waals surface area contributed by atoms with Crippen LogP contribution in [0.3, 0.4) is 0 Å². The minimum Gasteiger partial charge on any atom is -0.481 e. The number of fused-ring (bicyclic) bond motifs is 3. The highest BCUT2D eigenvalue weighted by Gasteiger charge is 2.71. The Morgan fingerprint density at radius 3 is 2.48 bits per heavy atom. The third-order valence-corrected chi connectivity index (χ3v) is 9.52. The van der Waals surface area contributed by atoms with Gasteiger partial charge in [0.15, 0.2) is 0 Å². The highest BCUT2D eigenvalue weighted by atomic mass is 17.1. The molecule has 4 saturated carbocycles. The van der Waals surface area contributed by atoms with Gasteiger partial charge >= 0.3 is 5.97 Å². The van der Waals surface area contributed by atoms with Crippen LogP contribution in [-0.2, 0) is 9.68 Å². The number of aliphatic carboxylic acids is 1. The van der Waals surface area contributed by atoms with Crippen molar-refractivity contribution in [3.8, 4) is 0 Å². The van der Waals surface area contributed by atoms with Crippen LogP contribution in [0, 0.1) is 34.0 Å². The zero-order valence-electron chi connectivity index (χ0n) is 15.8. The third-order valence-electron chi connectivity index (χ3n) is 9.52. The summed E-state index contributed by atoms with van der Waals surface area (Å²) >= 11 is 0. The number of rotatable bonds is 2. The molecule has 4 fully saturated rings. The average molecular weight is 348 g/mol. The summed E-state index contributed by atoms with van der Waals surface area (Å²) in [5.41, 5.74) is 0.0355. The van der Waals surface area contributed by atoms with Crippen LogP contribution >= 0.6 is 0 Å². The van der Waals surface area contributed by atoms with Crippen molar-refractivity contribution in [2.24, 2.45) is 34.0 Å². The standard InChI is InChI=1S/C21H32O4/c1-13-12-20-10-6-15-18(3,8-5-9-19(15,4)17(22)23)16(20)7-11-21(13,25-24)14(20)2/h14-16,24H,1,5-12H2,2-4H3,(H,22,23)/t14-,15?,16+,18-,19-,20?,21-/m1/s1. The summed E-state index contributed by atoms with van der Waals surface area (Å²) in [7, 11) is 0. The van der Waals surface area contributed by atoms with E-state index in [1.54, 1.807) is 0 Å². The predicted octanol–water partition coefficient (Wildman–Crippen LogP) is 4.90. The molecule has 2 bridgehead atoms. The summed E-state index contributed by atoms with van der Waals surface area (Å²) in [6.07, 6.45) is 7.66. The maximum absolute atomic E-state index is 12.1. The summed E-state index contributed by atoms with van der Waals surface area (Å²) in [4.78, 5) is 17.2. The molecular weight excluding hydrogens is 316 g/mol. The first-order valence-corrected chi connectivity index (χ1v) is 9.92. The van der Waals surface area contributed by atoms with Gasteiger partial charge in [-0.05, 0) is 86.0 Å². The molecule has 4 rings (SSSR count). The fourth-order valence-electron chi connectivity index (χ4n) is 8.24. The normalized spacial score (nSPS) is 54.7. The second-order valence-electron chi connectivity index (χ2n) is 9.98. The Kier molecular flexibility index (Phi) is 3.58. The lowest BCUT2D eigenvalue weighted by molar-refractivity contribution is -0.339. The molecule has 0 aromatic carbocycles. The molecule has 4 heteroatoms. The van der Waals surface area contributed by atoms with Crippen LogP contribution in [0.2, 0.25) is 0 Å². The first-order chi connectivity index (χ1) is 11.7. The van der Waals surface area contributed by atoms with Crippen LogP contribution in [-0.4, -0.2) is 21.9 Å². The minimum atomic E-state index is -0.618. The summed E-state index contributed by atoms with van der Waals surface area (Å²) in [5.74, 6) is 0.361. The maximum atomic E-state index is 12.1. The first-order valence-electron chi connectivity index (χ1n) is 9.92. The molecule has 2 unspecified atom stereocenters. The van der Waals surface area contributed by atoms with Crippen molar-refractivity contribution in [1.82, 2.24) is 0 Å². The Morgan fingerprint density at radius 1 is 1.16 bits per heavy atom. The Morgan fingerprint density at radius 2 is 1.84 bits per heavy atom. The Labute approximate surface area is 150 Å². The van der Waals surface area contributed by atoms with E-state index >= 15 is 0 Å². The van der Waals surface area contributed by atoms with Crippen LogP contribution in [0.25, 0.3) is 0 Å². The van der Waals surface area contributed by atoms with Gasteiger partial charge in [0.25, 0.3) is 0 Å². The number of carbonyl (C=O) groups is 1. The Balaban J connectivity index is 1.78. The van der Waals surface area contributed by atoms with Gasteiger partial charge in [-0.1, -0.05) is 26.8 Å². The summed E-state index contributed by atoms with van der Waals surface area (Å²) in [6, 6.07) is 0. The van der Waals surface area contributed by atoms with Crippen LogP contribution < -0.4 is 0 Å². The zero-order valence-corrected chi connectivity index (χ0v) is 15.8. The zero-order chi connectivity index (χ0) is 18.3. The van der Waals surface area contributed by atoms with Gasteiger partial charge in [0, 0.05) is 0 Å². The van der Waals surface area contributed by atoms with E-state index in [-0.39, 0.29) is 22.7 Å². The van der Waals surface area contributed by atoms with E-state index in [1.165, 1.54) is 0 Å². The molecule has 1 spiro atoms. The average Bonchev–Trinajstić information content (AvgIpc) is 2.68. The molecule has 0 aromatic rings. The van der Waals surface area contributed by atoms with Gasteiger partial charge in [-0.15, -0.1) is 0 Å². The Hall–Kier alpha value is -0.870. The van der Waals surface area contributed by atoms with Gasteiger partial charge in [0.1, 0.15) is 5.60 Å². The summed E-state index contributed by atoms with van der Waals surface area (Å²) in [5, 5.41) is 19.7. The molecule has 0 amide bonds. The quantitative estimate of drug-likeness (QED) is 0.423. The van der Waals surface area contributed by atoms with Gasteiger partial charge in [0.2, 0.25) is 0 Å². The van der Waals surface area contributed by atoms with E-state index < -0.39 is 17.0 Å². The minimum absolute atomic E-state index is 0.0597. The monoisotopic (exact) mass is 348 g/mol. The van der Waals surface area contributed by atoms with Gasteiger partial charge < -0.3 is 5.11 Å². The van der Waals surface area contributed by atoms with Crippen molar-refractivity contribution in [3.63, 3.8) is 0 Å². The molecule has 4 aliphatic rings. The molecule has 0 aliphatic heterocycles. The molecule has 0 radical (unpaired) electrons. The Bertz CT molecular complexity index is 629. The van der Waals surface area contributed by atoms with Gasteiger partial charge in [-0.2, -0.15) is 0 Å². The van der Waals surface area contributed by atoms with Gasteiger partial charge in [-0.25, -0.2) is 4.89 Å². The van der Waals surface area contributed by atoms with Crippen LogP contribution in [0.4, 0.5) is 0 Å². The second kappa shape index (κ2) is 5.10. The number of carboxylic acids is 1. The SMILES string of the molecule is C=C1CC23CCC4[C@](C)(C(=O)O)CCC[C@@]4(C)[C@@H]2CC[C@]1(OO)[C@@H]3C. The second-order valence-corrected chi connectivity index (χ2v) is 9.98. The smallest absolute Gasteiger partial charge is 0.309 e. The molecule has 4 nitrogen and oxygen atoms in total. The number of hydrogen-bond acceptors (Lipinski definition) is 3. The van der Waals surface area contributed by atoms with E-state index in [0.29, 0.717) is 5.92 Å². The van der Waals surface area contributed by atoms with Crippen LogP contribution in [0.1, 0.15) is 72.1 Å². The highest BCUT2D eigenvalue weighted by Crippen LogP contribution is 2.75. The lowest BCUT2D eigenvalue weighted by Crippen LogP contribution is -2.61. The molecule has 7 atom stereocenters. The van der Waals surface area contributed by atoms with E-state index in [0.717, 1.165) is 56.9 Å². The van der Waals surface area contributed by atoms with Crippen molar-refractivity contribution in [1.29, 1.82) is 0 Å². The molecule has 4 aliphatic carbocycles. The van der Waals surface area contributed by atoms with E-state index in [2.05, 4.69) is 20.4 Å². The largest absolute Gasteiger partial charge is 0.481 e. The van der Waals surface area contributed by atoms with Crippen molar-refractivity contribution in [3.05, 3.63) is 12.2 Å². The van der Waals surface area contributed by atoms with Gasteiger partial charge in [-0.3, -0.25) is 10.1 Å². The predicted molar refractivity (Wildman–Crippen MR) is 94.9 cm³/mol. The molecule has 25 heavy (non-hydrogen) atoms. The fraction of sp³-hybridized carbons (Fsp3) is 0.857. The number of hydrogen-bond donors (Lipinski definition) is 2. The van der Waals surface area contributed by atoms with E-state index in [1.807, 2.05) is 6.92 Å².